The Labute approximate surface area is 162 Å². The van der Waals surface area contributed by atoms with Crippen molar-refractivity contribution in [1.82, 2.24) is 10.3 Å². The number of carbonyl (C=O) groups excluding carboxylic acids is 1. The van der Waals surface area contributed by atoms with Crippen LogP contribution < -0.4 is 5.32 Å². The number of aromatic nitrogens is 1. The van der Waals surface area contributed by atoms with E-state index in [1.807, 2.05) is 18.2 Å². The van der Waals surface area contributed by atoms with Gasteiger partial charge in [-0.15, -0.1) is 12.4 Å². The predicted octanol–water partition coefficient (Wildman–Crippen LogP) is 4.28. The van der Waals surface area contributed by atoms with Crippen LogP contribution in [0.1, 0.15) is 57.1 Å². The van der Waals surface area contributed by atoms with Crippen LogP contribution in [0, 0.1) is 11.8 Å². The number of esters is 1. The third-order valence-corrected chi connectivity index (χ3v) is 5.29. The van der Waals surface area contributed by atoms with Gasteiger partial charge in [-0.2, -0.15) is 0 Å². The molecule has 1 saturated carbocycles. The summed E-state index contributed by atoms with van der Waals surface area (Å²) in [4.78, 5) is 17.3. The number of thiocarbonyl (C=S) groups is 1. The van der Waals surface area contributed by atoms with Crippen molar-refractivity contribution in [2.24, 2.45) is 11.8 Å². The first-order chi connectivity index (χ1) is 11.7. The monoisotopic (exact) mass is 384 g/mol. The zero-order chi connectivity index (χ0) is 17.4. The van der Waals surface area contributed by atoms with E-state index in [0.717, 1.165) is 18.8 Å². The van der Waals surface area contributed by atoms with E-state index in [0.29, 0.717) is 23.2 Å². The lowest BCUT2D eigenvalue weighted by molar-refractivity contribution is -0.145. The molecule has 1 aliphatic rings. The molecule has 0 amide bonds. The predicted molar refractivity (Wildman–Crippen MR) is 107 cm³/mol. The summed E-state index contributed by atoms with van der Waals surface area (Å²) in [6.07, 6.45) is 9.08. The van der Waals surface area contributed by atoms with Crippen molar-refractivity contribution in [2.75, 3.05) is 13.7 Å². The highest BCUT2D eigenvalue weighted by molar-refractivity contribution is 7.80. The van der Waals surface area contributed by atoms with Crippen molar-refractivity contribution in [3.63, 3.8) is 0 Å². The number of hydrogen-bond donors (Lipinski definition) is 1. The SMILES string of the molecule is CCCC1CCC(COC(=O)C(C(=S)NC)c2ccccn2)CC1.Cl. The quantitative estimate of drug-likeness (QED) is 0.561. The van der Waals surface area contributed by atoms with Crippen LogP contribution in [0.25, 0.3) is 0 Å². The molecule has 140 valence electrons. The second-order valence-corrected chi connectivity index (χ2v) is 7.05. The van der Waals surface area contributed by atoms with Crippen molar-refractivity contribution in [3.05, 3.63) is 30.1 Å². The molecule has 4 nitrogen and oxygen atoms in total. The Bertz CT molecular complexity index is 533. The minimum Gasteiger partial charge on any atom is -0.465 e. The van der Waals surface area contributed by atoms with Crippen LogP contribution in [0.4, 0.5) is 0 Å². The number of rotatable bonds is 7. The molecule has 1 fully saturated rings. The second kappa shape index (κ2) is 11.4. The van der Waals surface area contributed by atoms with E-state index in [2.05, 4.69) is 17.2 Å². The van der Waals surface area contributed by atoms with Gasteiger partial charge in [-0.25, -0.2) is 0 Å². The fraction of sp³-hybridized carbons (Fsp3) is 0.632. The molecular weight excluding hydrogens is 356 g/mol. The lowest BCUT2D eigenvalue weighted by Crippen LogP contribution is -2.32. The third-order valence-electron chi connectivity index (χ3n) is 4.85. The number of nitrogens with one attached hydrogen (secondary N) is 1. The van der Waals surface area contributed by atoms with E-state index in [1.165, 1.54) is 25.7 Å². The largest absolute Gasteiger partial charge is 0.465 e. The Balaban J connectivity index is 0.00000312. The van der Waals surface area contributed by atoms with Crippen LogP contribution in [-0.2, 0) is 9.53 Å². The van der Waals surface area contributed by atoms with E-state index in [4.69, 9.17) is 17.0 Å². The van der Waals surface area contributed by atoms with Crippen molar-refractivity contribution >= 4 is 35.6 Å². The summed E-state index contributed by atoms with van der Waals surface area (Å²) in [5, 5.41) is 2.89. The van der Waals surface area contributed by atoms with Crippen molar-refractivity contribution in [2.45, 2.75) is 51.4 Å². The fourth-order valence-corrected chi connectivity index (χ4v) is 3.65. The lowest BCUT2D eigenvalue weighted by Gasteiger charge is -2.28. The van der Waals surface area contributed by atoms with Crippen LogP contribution in [0.5, 0.6) is 0 Å². The number of likely N-dealkylation sites (N-methyl/N-ethyl adjacent to an activating group) is 1. The van der Waals surface area contributed by atoms with Crippen LogP contribution in [-0.4, -0.2) is 29.6 Å². The van der Waals surface area contributed by atoms with Gasteiger partial charge < -0.3 is 10.1 Å². The fourth-order valence-electron chi connectivity index (χ4n) is 3.43. The first-order valence-electron chi connectivity index (χ1n) is 8.94. The van der Waals surface area contributed by atoms with Gasteiger partial charge >= 0.3 is 5.97 Å². The van der Waals surface area contributed by atoms with Gasteiger partial charge in [0.1, 0.15) is 5.92 Å². The van der Waals surface area contributed by atoms with E-state index in [9.17, 15) is 4.79 Å². The summed E-state index contributed by atoms with van der Waals surface area (Å²) < 4.78 is 5.61. The molecule has 0 radical (unpaired) electrons. The molecule has 0 aliphatic heterocycles. The van der Waals surface area contributed by atoms with Crippen molar-refractivity contribution < 1.29 is 9.53 Å². The molecule has 2 rings (SSSR count). The van der Waals surface area contributed by atoms with Gasteiger partial charge in [-0.05, 0) is 36.8 Å². The van der Waals surface area contributed by atoms with Crippen molar-refractivity contribution in [3.8, 4) is 0 Å². The Morgan fingerprint density at radius 3 is 2.56 bits per heavy atom. The number of hydrogen-bond acceptors (Lipinski definition) is 4. The summed E-state index contributed by atoms with van der Waals surface area (Å²) in [6, 6.07) is 5.49. The average Bonchev–Trinajstić information content (AvgIpc) is 2.62. The maximum absolute atomic E-state index is 12.6. The Hall–Kier alpha value is -1.20. The van der Waals surface area contributed by atoms with E-state index < -0.39 is 5.92 Å². The second-order valence-electron chi connectivity index (χ2n) is 6.61. The lowest BCUT2D eigenvalue weighted by atomic mass is 9.80. The minimum atomic E-state index is -0.623. The number of pyridine rings is 1. The smallest absolute Gasteiger partial charge is 0.322 e. The number of carbonyl (C=O) groups is 1. The molecule has 1 heterocycles. The normalized spacial score (nSPS) is 20.9. The third kappa shape index (κ3) is 6.55. The molecule has 1 aliphatic carbocycles. The van der Waals surface area contributed by atoms with Crippen LogP contribution in [0.15, 0.2) is 24.4 Å². The molecule has 25 heavy (non-hydrogen) atoms. The zero-order valence-electron chi connectivity index (χ0n) is 15.1. The Morgan fingerprint density at radius 2 is 2.00 bits per heavy atom. The Morgan fingerprint density at radius 1 is 1.32 bits per heavy atom. The highest BCUT2D eigenvalue weighted by atomic mass is 35.5. The number of halogens is 1. The van der Waals surface area contributed by atoms with Crippen LogP contribution in [0.2, 0.25) is 0 Å². The molecule has 1 unspecified atom stereocenters. The van der Waals surface area contributed by atoms with E-state index in [1.54, 1.807) is 13.2 Å². The first-order valence-corrected chi connectivity index (χ1v) is 9.35. The van der Waals surface area contributed by atoms with Gasteiger partial charge in [0, 0.05) is 13.2 Å². The summed E-state index contributed by atoms with van der Waals surface area (Å²) in [6.45, 7) is 2.74. The summed E-state index contributed by atoms with van der Waals surface area (Å²) >= 11 is 5.30. The highest BCUT2D eigenvalue weighted by Gasteiger charge is 2.29. The molecule has 0 aromatic carbocycles. The van der Waals surface area contributed by atoms with Gasteiger partial charge in [0.05, 0.1) is 17.3 Å². The molecule has 6 heteroatoms. The number of ether oxygens (including phenoxy) is 1. The standard InChI is InChI=1S/C19H28N2O2S.ClH/c1-3-6-14-8-10-15(11-9-14)13-23-19(22)17(18(24)20-2)16-7-4-5-12-21-16;/h4-5,7,12,14-15,17H,3,6,8-11,13H2,1-2H3,(H,20,24);1H. The summed E-state index contributed by atoms with van der Waals surface area (Å²) in [7, 11) is 1.72. The van der Waals surface area contributed by atoms with Crippen LogP contribution >= 0.6 is 24.6 Å². The van der Waals surface area contributed by atoms with E-state index in [-0.39, 0.29) is 18.4 Å². The highest BCUT2D eigenvalue weighted by Crippen LogP contribution is 2.32. The molecular formula is C19H29ClN2O2S. The van der Waals surface area contributed by atoms with Crippen LogP contribution in [0.3, 0.4) is 0 Å². The minimum absolute atomic E-state index is 0. The molecule has 0 bridgehead atoms. The summed E-state index contributed by atoms with van der Waals surface area (Å²) in [5.74, 6) is 0.418. The maximum atomic E-state index is 12.6. The average molecular weight is 385 g/mol. The Kier molecular flexibility index (Phi) is 9.98. The van der Waals surface area contributed by atoms with Gasteiger partial charge in [0.2, 0.25) is 0 Å². The van der Waals surface area contributed by atoms with Gasteiger partial charge in [-0.1, -0.05) is 50.9 Å². The molecule has 1 atom stereocenters. The van der Waals surface area contributed by atoms with E-state index >= 15 is 0 Å². The topological polar surface area (TPSA) is 51.2 Å². The maximum Gasteiger partial charge on any atom is 0.322 e. The molecule has 1 aromatic rings. The molecule has 0 spiro atoms. The first kappa shape index (κ1) is 21.8. The molecule has 1 aromatic heterocycles. The zero-order valence-corrected chi connectivity index (χ0v) is 16.7. The van der Waals surface area contributed by atoms with Gasteiger partial charge in [0.15, 0.2) is 0 Å². The van der Waals surface area contributed by atoms with Gasteiger partial charge in [-0.3, -0.25) is 9.78 Å². The summed E-state index contributed by atoms with van der Waals surface area (Å²) in [5.41, 5.74) is 0.633. The molecule has 0 saturated heterocycles. The van der Waals surface area contributed by atoms with Gasteiger partial charge in [0.25, 0.3) is 0 Å². The van der Waals surface area contributed by atoms with Crippen molar-refractivity contribution in [1.29, 1.82) is 0 Å². The number of nitrogens with zero attached hydrogens (tertiary/aromatic N) is 1. The molecule has 1 N–H and O–H groups in total.